The molecular formula is C14H29ClN2O. The van der Waals surface area contributed by atoms with Crippen LogP contribution in [0.2, 0.25) is 0 Å². The summed E-state index contributed by atoms with van der Waals surface area (Å²) in [5.41, 5.74) is 5.84. The van der Waals surface area contributed by atoms with E-state index in [0.29, 0.717) is 6.04 Å². The van der Waals surface area contributed by atoms with Gasteiger partial charge in [-0.2, -0.15) is 0 Å². The van der Waals surface area contributed by atoms with Gasteiger partial charge in [0.1, 0.15) is 0 Å². The number of hydrogen-bond acceptors (Lipinski definition) is 2. The van der Waals surface area contributed by atoms with Crippen molar-refractivity contribution in [2.75, 3.05) is 0 Å². The van der Waals surface area contributed by atoms with Gasteiger partial charge in [-0.1, -0.05) is 33.6 Å². The zero-order chi connectivity index (χ0) is 12.8. The molecule has 0 aromatic rings. The van der Waals surface area contributed by atoms with E-state index in [1.807, 2.05) is 13.8 Å². The third-order valence-electron chi connectivity index (χ3n) is 3.91. The fourth-order valence-electron chi connectivity index (χ4n) is 2.60. The maximum atomic E-state index is 11.8. The minimum atomic E-state index is -0.358. The van der Waals surface area contributed by atoms with Crippen LogP contribution >= 0.6 is 12.4 Å². The van der Waals surface area contributed by atoms with E-state index in [9.17, 15) is 4.79 Å². The van der Waals surface area contributed by atoms with Crippen LogP contribution in [0.5, 0.6) is 0 Å². The largest absolute Gasteiger partial charge is 0.352 e. The SMILES string of the molecule is CCCC1CCC(NC(=O)C(N)C(C)C)CC1.Cl. The van der Waals surface area contributed by atoms with E-state index in [1.165, 1.54) is 25.7 Å². The highest BCUT2D eigenvalue weighted by atomic mass is 35.5. The summed E-state index contributed by atoms with van der Waals surface area (Å²) < 4.78 is 0. The molecular weight excluding hydrogens is 248 g/mol. The van der Waals surface area contributed by atoms with Gasteiger partial charge in [-0.3, -0.25) is 4.79 Å². The van der Waals surface area contributed by atoms with Crippen LogP contribution in [-0.2, 0) is 4.79 Å². The van der Waals surface area contributed by atoms with Crippen LogP contribution in [0.3, 0.4) is 0 Å². The van der Waals surface area contributed by atoms with Crippen LogP contribution in [-0.4, -0.2) is 18.0 Å². The monoisotopic (exact) mass is 276 g/mol. The number of nitrogens with one attached hydrogen (secondary N) is 1. The highest BCUT2D eigenvalue weighted by molar-refractivity contribution is 5.85. The van der Waals surface area contributed by atoms with Gasteiger partial charge < -0.3 is 11.1 Å². The number of nitrogens with two attached hydrogens (primary N) is 1. The Kier molecular flexibility index (Phi) is 8.62. The maximum Gasteiger partial charge on any atom is 0.237 e. The first-order chi connectivity index (χ1) is 8.04. The molecule has 1 aliphatic rings. The first-order valence-corrected chi connectivity index (χ1v) is 7.10. The molecule has 108 valence electrons. The molecule has 0 aliphatic heterocycles. The molecule has 1 amide bonds. The second-order valence-corrected chi connectivity index (χ2v) is 5.78. The fraction of sp³-hybridized carbons (Fsp3) is 0.929. The van der Waals surface area contributed by atoms with Crippen molar-refractivity contribution >= 4 is 18.3 Å². The Bertz CT molecular complexity index is 238. The van der Waals surface area contributed by atoms with Crippen molar-refractivity contribution in [2.24, 2.45) is 17.6 Å². The van der Waals surface area contributed by atoms with Gasteiger partial charge in [0.2, 0.25) is 5.91 Å². The Labute approximate surface area is 118 Å². The number of hydrogen-bond donors (Lipinski definition) is 2. The van der Waals surface area contributed by atoms with Gasteiger partial charge in [-0.05, 0) is 37.5 Å². The second-order valence-electron chi connectivity index (χ2n) is 5.78. The van der Waals surface area contributed by atoms with Gasteiger partial charge in [0.05, 0.1) is 6.04 Å². The molecule has 3 N–H and O–H groups in total. The molecule has 0 saturated heterocycles. The number of carbonyl (C=O) groups excluding carboxylic acids is 1. The molecule has 0 aromatic carbocycles. The fourth-order valence-corrected chi connectivity index (χ4v) is 2.60. The van der Waals surface area contributed by atoms with Crippen molar-refractivity contribution < 1.29 is 4.79 Å². The number of halogens is 1. The molecule has 1 unspecified atom stereocenters. The molecule has 4 heteroatoms. The summed E-state index contributed by atoms with van der Waals surface area (Å²) in [5, 5.41) is 3.10. The standard InChI is InChI=1S/C14H28N2O.ClH/c1-4-5-11-6-8-12(9-7-11)16-14(17)13(15)10(2)3;/h10-13H,4-9,15H2,1-3H3,(H,16,17);1H. The van der Waals surface area contributed by atoms with Gasteiger partial charge >= 0.3 is 0 Å². The van der Waals surface area contributed by atoms with Crippen LogP contribution in [0.25, 0.3) is 0 Å². The molecule has 0 spiro atoms. The van der Waals surface area contributed by atoms with E-state index >= 15 is 0 Å². The zero-order valence-electron chi connectivity index (χ0n) is 11.9. The Balaban J connectivity index is 0.00000289. The molecule has 3 nitrogen and oxygen atoms in total. The molecule has 1 aliphatic carbocycles. The third kappa shape index (κ3) is 5.57. The van der Waals surface area contributed by atoms with E-state index in [4.69, 9.17) is 5.73 Å². The average molecular weight is 277 g/mol. The van der Waals surface area contributed by atoms with Gasteiger partial charge in [0, 0.05) is 6.04 Å². The lowest BCUT2D eigenvalue weighted by Gasteiger charge is -2.30. The van der Waals surface area contributed by atoms with Gasteiger partial charge in [0.15, 0.2) is 0 Å². The smallest absolute Gasteiger partial charge is 0.237 e. The molecule has 1 rings (SSSR count). The van der Waals surface area contributed by atoms with E-state index in [0.717, 1.165) is 18.8 Å². The molecule has 0 bridgehead atoms. The molecule has 1 saturated carbocycles. The minimum absolute atomic E-state index is 0. The van der Waals surface area contributed by atoms with Gasteiger partial charge in [-0.15, -0.1) is 12.4 Å². The predicted molar refractivity (Wildman–Crippen MR) is 78.9 cm³/mol. The average Bonchev–Trinajstić information content (AvgIpc) is 2.30. The van der Waals surface area contributed by atoms with Crippen LogP contribution in [0.15, 0.2) is 0 Å². The topological polar surface area (TPSA) is 55.1 Å². The van der Waals surface area contributed by atoms with Crippen molar-refractivity contribution in [3.05, 3.63) is 0 Å². The van der Waals surface area contributed by atoms with E-state index in [2.05, 4.69) is 12.2 Å². The Hall–Kier alpha value is -0.280. The highest BCUT2D eigenvalue weighted by Crippen LogP contribution is 2.27. The Morgan fingerprint density at radius 1 is 1.28 bits per heavy atom. The quantitative estimate of drug-likeness (QED) is 0.811. The summed E-state index contributed by atoms with van der Waals surface area (Å²) in [6, 6.07) is 0.00349. The Morgan fingerprint density at radius 2 is 1.83 bits per heavy atom. The minimum Gasteiger partial charge on any atom is -0.352 e. The molecule has 1 fully saturated rings. The van der Waals surface area contributed by atoms with Gasteiger partial charge in [0.25, 0.3) is 0 Å². The summed E-state index contributed by atoms with van der Waals surface area (Å²) >= 11 is 0. The van der Waals surface area contributed by atoms with Crippen LogP contribution < -0.4 is 11.1 Å². The summed E-state index contributed by atoms with van der Waals surface area (Å²) in [6.45, 7) is 6.22. The summed E-state index contributed by atoms with van der Waals surface area (Å²) in [7, 11) is 0. The van der Waals surface area contributed by atoms with Crippen LogP contribution in [0.1, 0.15) is 59.3 Å². The predicted octanol–water partition coefficient (Wildman–Crippen LogP) is 2.87. The molecule has 0 heterocycles. The number of carbonyl (C=O) groups is 1. The van der Waals surface area contributed by atoms with E-state index in [1.54, 1.807) is 0 Å². The van der Waals surface area contributed by atoms with Crippen molar-refractivity contribution in [3.63, 3.8) is 0 Å². The normalized spacial score (nSPS) is 25.4. The molecule has 0 aromatic heterocycles. The lowest BCUT2D eigenvalue weighted by Crippen LogP contribution is -2.48. The Morgan fingerprint density at radius 3 is 2.28 bits per heavy atom. The molecule has 0 radical (unpaired) electrons. The lowest BCUT2D eigenvalue weighted by molar-refractivity contribution is -0.124. The lowest BCUT2D eigenvalue weighted by atomic mass is 9.83. The first-order valence-electron chi connectivity index (χ1n) is 7.10. The molecule has 1 atom stereocenters. The second kappa shape index (κ2) is 8.76. The number of rotatable bonds is 5. The third-order valence-corrected chi connectivity index (χ3v) is 3.91. The maximum absolute atomic E-state index is 11.8. The van der Waals surface area contributed by atoms with E-state index < -0.39 is 0 Å². The van der Waals surface area contributed by atoms with Crippen molar-refractivity contribution in [2.45, 2.75) is 71.4 Å². The summed E-state index contributed by atoms with van der Waals surface area (Å²) in [5.74, 6) is 1.12. The highest BCUT2D eigenvalue weighted by Gasteiger charge is 2.24. The molecule has 18 heavy (non-hydrogen) atoms. The summed E-state index contributed by atoms with van der Waals surface area (Å²) in [4.78, 5) is 11.8. The van der Waals surface area contributed by atoms with Gasteiger partial charge in [-0.25, -0.2) is 0 Å². The zero-order valence-corrected chi connectivity index (χ0v) is 12.8. The van der Waals surface area contributed by atoms with Crippen LogP contribution in [0.4, 0.5) is 0 Å². The summed E-state index contributed by atoms with van der Waals surface area (Å²) in [6.07, 6.45) is 7.39. The van der Waals surface area contributed by atoms with E-state index in [-0.39, 0.29) is 30.3 Å². The van der Waals surface area contributed by atoms with Crippen LogP contribution in [0, 0.1) is 11.8 Å². The van der Waals surface area contributed by atoms with Crippen molar-refractivity contribution in [1.82, 2.24) is 5.32 Å². The number of amides is 1. The van der Waals surface area contributed by atoms with Crippen molar-refractivity contribution in [1.29, 1.82) is 0 Å². The first kappa shape index (κ1) is 17.7. The van der Waals surface area contributed by atoms with Crippen molar-refractivity contribution in [3.8, 4) is 0 Å².